The second-order valence-corrected chi connectivity index (χ2v) is 9.34. The number of rotatable bonds is 11. The van der Waals surface area contributed by atoms with Crippen molar-refractivity contribution < 1.29 is 19.6 Å². The van der Waals surface area contributed by atoms with Crippen molar-refractivity contribution in [3.63, 3.8) is 0 Å². The largest absolute Gasteiger partial charge is 0.289 e. The number of hydrogen-bond acceptors (Lipinski definition) is 4. The number of hydrazine groups is 1. The van der Waals surface area contributed by atoms with Crippen LogP contribution in [-0.2, 0) is 14.4 Å². The number of allylic oxidation sites excluding steroid dienone is 1. The van der Waals surface area contributed by atoms with E-state index in [-0.39, 0.29) is 30.1 Å². The van der Waals surface area contributed by atoms with Gasteiger partial charge in [-0.15, -0.1) is 0 Å². The molecule has 0 saturated carbocycles. The van der Waals surface area contributed by atoms with Crippen LogP contribution in [0.15, 0.2) is 36.4 Å². The highest BCUT2D eigenvalue weighted by molar-refractivity contribution is 5.89. The van der Waals surface area contributed by atoms with Crippen LogP contribution in [0, 0.1) is 29.6 Å². The number of nitrogens with zero attached hydrogens (tertiary/aromatic N) is 1. The Morgan fingerprint density at radius 1 is 0.938 bits per heavy atom. The SMILES string of the molecule is CC(C)C[C@@H](C(=O)NN(CC(C)C)C(=O)C(C)C)[C@H](CC=Cc1ccccc1)C(=O)NO. The van der Waals surface area contributed by atoms with Gasteiger partial charge in [0.1, 0.15) is 0 Å². The monoisotopic (exact) mass is 445 g/mol. The molecule has 0 aliphatic heterocycles. The molecule has 0 aliphatic carbocycles. The van der Waals surface area contributed by atoms with Gasteiger partial charge in [-0.1, -0.05) is 84.0 Å². The predicted molar refractivity (Wildman–Crippen MR) is 126 cm³/mol. The van der Waals surface area contributed by atoms with Gasteiger partial charge in [-0.3, -0.25) is 30.0 Å². The van der Waals surface area contributed by atoms with Gasteiger partial charge in [0.25, 0.3) is 0 Å². The number of amides is 3. The lowest BCUT2D eigenvalue weighted by Gasteiger charge is -2.31. The first-order valence-corrected chi connectivity index (χ1v) is 11.3. The highest BCUT2D eigenvalue weighted by Gasteiger charge is 2.35. The van der Waals surface area contributed by atoms with Gasteiger partial charge in [-0.25, -0.2) is 5.48 Å². The summed E-state index contributed by atoms with van der Waals surface area (Å²) in [4.78, 5) is 38.5. The fraction of sp³-hybridized carbons (Fsp3) is 0.560. The fourth-order valence-corrected chi connectivity index (χ4v) is 3.50. The first kappa shape index (κ1) is 27.4. The Bertz CT molecular complexity index is 760. The minimum atomic E-state index is -0.780. The van der Waals surface area contributed by atoms with E-state index >= 15 is 0 Å². The zero-order valence-electron chi connectivity index (χ0n) is 20.2. The van der Waals surface area contributed by atoms with E-state index in [0.29, 0.717) is 13.0 Å². The molecule has 1 aromatic rings. The molecule has 0 radical (unpaired) electrons. The summed E-state index contributed by atoms with van der Waals surface area (Å²) in [6.07, 6.45) is 4.43. The highest BCUT2D eigenvalue weighted by Crippen LogP contribution is 2.26. The summed E-state index contributed by atoms with van der Waals surface area (Å²) in [5.74, 6) is -2.66. The first-order chi connectivity index (χ1) is 15.1. The Hall–Kier alpha value is -2.67. The maximum Gasteiger partial charge on any atom is 0.247 e. The molecule has 0 bridgehead atoms. The quantitative estimate of drug-likeness (QED) is 0.353. The number of benzene rings is 1. The van der Waals surface area contributed by atoms with Gasteiger partial charge in [-0.05, 0) is 30.2 Å². The van der Waals surface area contributed by atoms with E-state index in [4.69, 9.17) is 0 Å². The van der Waals surface area contributed by atoms with Crippen molar-refractivity contribution in [2.75, 3.05) is 6.54 Å². The molecule has 3 amide bonds. The van der Waals surface area contributed by atoms with Crippen molar-refractivity contribution in [3.8, 4) is 0 Å². The third-order valence-electron chi connectivity index (χ3n) is 5.05. The lowest BCUT2D eigenvalue weighted by Crippen LogP contribution is -2.53. The second kappa shape index (κ2) is 13.7. The smallest absolute Gasteiger partial charge is 0.247 e. The zero-order chi connectivity index (χ0) is 24.3. The summed E-state index contributed by atoms with van der Waals surface area (Å²) in [6, 6.07) is 9.64. The lowest BCUT2D eigenvalue weighted by atomic mass is 9.82. The molecular formula is C25H39N3O4. The summed E-state index contributed by atoms with van der Waals surface area (Å²) in [5, 5.41) is 10.7. The Kier molecular flexibility index (Phi) is 11.7. The third-order valence-corrected chi connectivity index (χ3v) is 5.05. The van der Waals surface area contributed by atoms with Gasteiger partial charge in [0.05, 0.1) is 11.8 Å². The number of hydrogen-bond donors (Lipinski definition) is 3. The average Bonchev–Trinajstić information content (AvgIpc) is 2.74. The summed E-state index contributed by atoms with van der Waals surface area (Å²) in [7, 11) is 0. The highest BCUT2D eigenvalue weighted by atomic mass is 16.5. The van der Waals surface area contributed by atoms with E-state index in [9.17, 15) is 19.6 Å². The normalized spacial score (nSPS) is 13.4. The van der Waals surface area contributed by atoms with Crippen LogP contribution in [0.2, 0.25) is 0 Å². The van der Waals surface area contributed by atoms with E-state index in [0.717, 1.165) is 5.56 Å². The minimum Gasteiger partial charge on any atom is -0.289 e. The minimum absolute atomic E-state index is 0.136. The lowest BCUT2D eigenvalue weighted by molar-refractivity contribution is -0.149. The molecule has 2 atom stereocenters. The van der Waals surface area contributed by atoms with Crippen LogP contribution >= 0.6 is 0 Å². The van der Waals surface area contributed by atoms with Crippen LogP contribution in [-0.4, -0.2) is 34.5 Å². The molecule has 7 heteroatoms. The molecule has 0 fully saturated rings. The van der Waals surface area contributed by atoms with Gasteiger partial charge in [-0.2, -0.15) is 0 Å². The molecule has 0 saturated heterocycles. The predicted octanol–water partition coefficient (Wildman–Crippen LogP) is 4.05. The van der Waals surface area contributed by atoms with Crippen molar-refractivity contribution in [1.29, 1.82) is 0 Å². The molecule has 0 aromatic heterocycles. The van der Waals surface area contributed by atoms with Crippen molar-refractivity contribution in [1.82, 2.24) is 15.9 Å². The van der Waals surface area contributed by atoms with E-state index < -0.39 is 23.7 Å². The van der Waals surface area contributed by atoms with Crippen LogP contribution in [0.5, 0.6) is 0 Å². The van der Waals surface area contributed by atoms with Gasteiger partial charge >= 0.3 is 0 Å². The van der Waals surface area contributed by atoms with E-state index in [1.54, 1.807) is 19.3 Å². The van der Waals surface area contributed by atoms with Crippen LogP contribution in [0.3, 0.4) is 0 Å². The Morgan fingerprint density at radius 2 is 1.56 bits per heavy atom. The molecule has 3 N–H and O–H groups in total. The molecular weight excluding hydrogens is 406 g/mol. The topological polar surface area (TPSA) is 98.7 Å². The molecule has 178 valence electrons. The third kappa shape index (κ3) is 9.22. The van der Waals surface area contributed by atoms with Crippen molar-refractivity contribution in [2.24, 2.45) is 29.6 Å². The van der Waals surface area contributed by atoms with Crippen molar-refractivity contribution in [3.05, 3.63) is 42.0 Å². The second-order valence-electron chi connectivity index (χ2n) is 9.34. The number of carbonyl (C=O) groups excluding carboxylic acids is 3. The Labute approximate surface area is 192 Å². The van der Waals surface area contributed by atoms with Crippen LogP contribution < -0.4 is 10.9 Å². The Balaban J connectivity index is 3.13. The molecule has 1 aromatic carbocycles. The number of nitrogens with one attached hydrogen (secondary N) is 2. The van der Waals surface area contributed by atoms with Crippen LogP contribution in [0.25, 0.3) is 6.08 Å². The van der Waals surface area contributed by atoms with Crippen LogP contribution in [0.1, 0.15) is 59.9 Å². The van der Waals surface area contributed by atoms with Crippen molar-refractivity contribution >= 4 is 23.8 Å². The maximum absolute atomic E-state index is 13.3. The summed E-state index contributed by atoms with van der Waals surface area (Å²) >= 11 is 0. The molecule has 7 nitrogen and oxygen atoms in total. The molecule has 0 unspecified atom stereocenters. The molecule has 0 heterocycles. The summed E-state index contributed by atoms with van der Waals surface area (Å²) in [6.45, 7) is 11.8. The first-order valence-electron chi connectivity index (χ1n) is 11.3. The number of carbonyl (C=O) groups is 3. The molecule has 1 rings (SSSR count). The van der Waals surface area contributed by atoms with Gasteiger partial charge < -0.3 is 0 Å². The Morgan fingerprint density at radius 3 is 2.06 bits per heavy atom. The van der Waals surface area contributed by atoms with Gasteiger partial charge in [0.2, 0.25) is 17.7 Å². The van der Waals surface area contributed by atoms with Gasteiger partial charge in [0, 0.05) is 12.5 Å². The standard InChI is InChI=1S/C25H39N3O4/c1-17(2)15-22(23(29)26-28(16-18(3)4)25(31)19(5)6)21(24(30)27-32)14-10-13-20-11-8-7-9-12-20/h7-13,17-19,21-22,32H,14-16H2,1-6H3,(H,26,29)(H,27,30)/t21-,22+/m0/s1. The van der Waals surface area contributed by atoms with E-state index in [1.807, 2.05) is 70.2 Å². The molecule has 0 aliphatic rings. The van der Waals surface area contributed by atoms with Crippen molar-refractivity contribution in [2.45, 2.75) is 54.4 Å². The van der Waals surface area contributed by atoms with Crippen LogP contribution in [0.4, 0.5) is 0 Å². The zero-order valence-corrected chi connectivity index (χ0v) is 20.2. The van der Waals surface area contributed by atoms with E-state index in [1.165, 1.54) is 5.01 Å². The summed E-state index contributed by atoms with van der Waals surface area (Å²) in [5.41, 5.74) is 5.46. The maximum atomic E-state index is 13.3. The summed E-state index contributed by atoms with van der Waals surface area (Å²) < 4.78 is 0. The molecule has 32 heavy (non-hydrogen) atoms. The van der Waals surface area contributed by atoms with E-state index in [2.05, 4.69) is 5.43 Å². The number of hydroxylamine groups is 1. The van der Waals surface area contributed by atoms with Gasteiger partial charge in [0.15, 0.2) is 0 Å². The molecule has 0 spiro atoms. The fourth-order valence-electron chi connectivity index (χ4n) is 3.50. The average molecular weight is 446 g/mol.